The Hall–Kier alpha value is -2.30. The third-order valence-corrected chi connectivity index (χ3v) is 5.34. The fourth-order valence-electron chi connectivity index (χ4n) is 4.14. The van der Waals surface area contributed by atoms with E-state index >= 15 is 0 Å². The number of Topliss-reactive ketones (excluding diaryl/α,β-unsaturated/α-hetero) is 1. The summed E-state index contributed by atoms with van der Waals surface area (Å²) in [4.78, 5) is 24.9. The lowest BCUT2D eigenvalue weighted by Gasteiger charge is -2.40. The molecule has 1 amide bonds. The second-order valence-corrected chi connectivity index (χ2v) is 6.89. The molecule has 2 aliphatic rings. The monoisotopic (exact) mass is 327 g/mol. The first-order chi connectivity index (χ1) is 11.5. The number of hydrogen-bond donors (Lipinski definition) is 1. The molecule has 2 aromatic rings. The van der Waals surface area contributed by atoms with E-state index in [0.717, 1.165) is 25.7 Å². The fraction of sp³-hybridized carbons (Fsp3) is 0.474. The van der Waals surface area contributed by atoms with Gasteiger partial charge >= 0.3 is 0 Å². The maximum Gasteiger partial charge on any atom is 0.287 e. The summed E-state index contributed by atoms with van der Waals surface area (Å²) >= 11 is 0. The lowest BCUT2D eigenvalue weighted by Crippen LogP contribution is -2.43. The molecule has 4 rings (SSSR count). The van der Waals surface area contributed by atoms with Crippen molar-refractivity contribution < 1.29 is 18.7 Å². The maximum absolute atomic E-state index is 13.0. The first kappa shape index (κ1) is 15.2. The van der Waals surface area contributed by atoms with Crippen LogP contribution in [0, 0.1) is 6.92 Å². The Morgan fingerprint density at radius 3 is 2.67 bits per heavy atom. The van der Waals surface area contributed by atoms with Crippen LogP contribution in [0.4, 0.5) is 0 Å². The normalized spacial score (nSPS) is 19.2. The molecule has 1 aromatic carbocycles. The molecule has 5 heteroatoms. The van der Waals surface area contributed by atoms with Crippen LogP contribution in [0.1, 0.15) is 65.0 Å². The van der Waals surface area contributed by atoms with Crippen LogP contribution >= 0.6 is 0 Å². The number of benzene rings is 1. The average molecular weight is 327 g/mol. The van der Waals surface area contributed by atoms with Gasteiger partial charge in [-0.3, -0.25) is 9.59 Å². The summed E-state index contributed by atoms with van der Waals surface area (Å²) in [6, 6.07) is 3.60. The molecule has 1 saturated carbocycles. The Morgan fingerprint density at radius 2 is 1.96 bits per heavy atom. The number of ether oxygens (including phenoxy) is 1. The third kappa shape index (κ3) is 2.14. The molecule has 1 N–H and O–H groups in total. The minimum absolute atomic E-state index is 0.0936. The maximum atomic E-state index is 13.0. The Kier molecular flexibility index (Phi) is 3.41. The molecule has 0 saturated heterocycles. The summed E-state index contributed by atoms with van der Waals surface area (Å²) in [7, 11) is 1.56. The first-order valence-electron chi connectivity index (χ1n) is 8.55. The summed E-state index contributed by atoms with van der Waals surface area (Å²) in [6.07, 6.45) is 5.71. The summed E-state index contributed by atoms with van der Waals surface area (Å²) in [5, 5.41) is 3.28. The van der Waals surface area contributed by atoms with E-state index in [1.807, 2.05) is 13.0 Å². The molecule has 0 radical (unpaired) electrons. The van der Waals surface area contributed by atoms with Gasteiger partial charge in [-0.1, -0.05) is 6.42 Å². The predicted octanol–water partition coefficient (Wildman–Crippen LogP) is 3.77. The smallest absolute Gasteiger partial charge is 0.287 e. The van der Waals surface area contributed by atoms with Gasteiger partial charge in [0.2, 0.25) is 0 Å². The van der Waals surface area contributed by atoms with Gasteiger partial charge in [0, 0.05) is 18.0 Å². The third-order valence-electron chi connectivity index (χ3n) is 5.34. The number of hydrogen-bond acceptors (Lipinski definition) is 4. The van der Waals surface area contributed by atoms with Crippen LogP contribution in [0.5, 0.6) is 5.75 Å². The fourth-order valence-corrected chi connectivity index (χ4v) is 4.14. The van der Waals surface area contributed by atoms with Crippen LogP contribution < -0.4 is 10.1 Å². The SMILES string of the molecule is CNC(=O)c1oc2ccc3c(c2c1C)C(=O)CC1(CCCCC1)O3. The zero-order valence-corrected chi connectivity index (χ0v) is 14.0. The Labute approximate surface area is 140 Å². The number of rotatable bonds is 1. The number of fused-ring (bicyclic) bond motifs is 3. The van der Waals surface area contributed by atoms with E-state index < -0.39 is 0 Å². The zero-order valence-electron chi connectivity index (χ0n) is 14.0. The standard InChI is InChI=1S/C19H21NO4/c1-11-15-13(23-17(11)18(22)20-2)6-7-14-16(15)12(21)10-19(24-14)8-4-3-5-9-19/h6-7H,3-5,8-10H2,1-2H3,(H,20,22). The number of aryl methyl sites for hydroxylation is 1. The quantitative estimate of drug-likeness (QED) is 0.865. The predicted molar refractivity (Wildman–Crippen MR) is 89.7 cm³/mol. The van der Waals surface area contributed by atoms with Gasteiger partial charge in [0.15, 0.2) is 11.5 Å². The number of nitrogens with one attached hydrogen (secondary N) is 1. The van der Waals surface area contributed by atoms with Crippen LogP contribution in [0.2, 0.25) is 0 Å². The highest BCUT2D eigenvalue weighted by Gasteiger charge is 2.42. The van der Waals surface area contributed by atoms with Crippen LogP contribution in [-0.4, -0.2) is 24.3 Å². The highest BCUT2D eigenvalue weighted by molar-refractivity contribution is 6.13. The van der Waals surface area contributed by atoms with Crippen molar-refractivity contribution in [2.75, 3.05) is 7.05 Å². The van der Waals surface area contributed by atoms with Gasteiger partial charge in [-0.05, 0) is 44.7 Å². The zero-order chi connectivity index (χ0) is 16.9. The second-order valence-electron chi connectivity index (χ2n) is 6.89. The molecule has 24 heavy (non-hydrogen) atoms. The summed E-state index contributed by atoms with van der Waals surface area (Å²) in [5.41, 5.74) is 1.48. The van der Waals surface area contributed by atoms with Gasteiger partial charge in [0.05, 0.1) is 12.0 Å². The highest BCUT2D eigenvalue weighted by atomic mass is 16.5. The van der Waals surface area contributed by atoms with Gasteiger partial charge < -0.3 is 14.5 Å². The van der Waals surface area contributed by atoms with E-state index in [1.165, 1.54) is 6.42 Å². The highest BCUT2D eigenvalue weighted by Crippen LogP contribution is 2.45. The van der Waals surface area contributed by atoms with E-state index in [0.29, 0.717) is 34.3 Å². The lowest BCUT2D eigenvalue weighted by molar-refractivity contribution is 0.0139. The topological polar surface area (TPSA) is 68.5 Å². The van der Waals surface area contributed by atoms with Crippen molar-refractivity contribution in [3.63, 3.8) is 0 Å². The number of carbonyl (C=O) groups is 2. The van der Waals surface area contributed by atoms with Crippen molar-refractivity contribution in [2.45, 2.75) is 51.0 Å². The summed E-state index contributed by atoms with van der Waals surface area (Å²) in [5.74, 6) is 0.696. The first-order valence-corrected chi connectivity index (χ1v) is 8.55. The molecule has 0 unspecified atom stereocenters. The molecule has 2 heterocycles. The molecule has 126 valence electrons. The van der Waals surface area contributed by atoms with Gasteiger partial charge in [0.25, 0.3) is 5.91 Å². The number of carbonyl (C=O) groups excluding carboxylic acids is 2. The van der Waals surface area contributed by atoms with Gasteiger partial charge in [0.1, 0.15) is 16.9 Å². The molecule has 5 nitrogen and oxygen atoms in total. The number of amides is 1. The Balaban J connectivity index is 1.86. The van der Waals surface area contributed by atoms with E-state index in [2.05, 4.69) is 5.32 Å². The van der Waals surface area contributed by atoms with Crippen LogP contribution in [0.25, 0.3) is 11.0 Å². The van der Waals surface area contributed by atoms with Gasteiger partial charge in [-0.2, -0.15) is 0 Å². The van der Waals surface area contributed by atoms with Crippen molar-refractivity contribution in [3.05, 3.63) is 29.0 Å². The van der Waals surface area contributed by atoms with Gasteiger partial charge in [-0.25, -0.2) is 0 Å². The lowest BCUT2D eigenvalue weighted by atomic mass is 9.78. The molecular formula is C19H21NO4. The van der Waals surface area contributed by atoms with Crippen LogP contribution in [-0.2, 0) is 0 Å². The molecule has 1 aromatic heterocycles. The van der Waals surface area contributed by atoms with E-state index in [4.69, 9.17) is 9.15 Å². The molecule has 1 aliphatic carbocycles. The Bertz CT molecular complexity index is 843. The van der Waals surface area contributed by atoms with E-state index in [-0.39, 0.29) is 23.1 Å². The molecular weight excluding hydrogens is 306 g/mol. The van der Waals surface area contributed by atoms with E-state index in [9.17, 15) is 9.59 Å². The number of ketones is 1. The summed E-state index contributed by atoms with van der Waals surface area (Å²) in [6.45, 7) is 1.81. The van der Waals surface area contributed by atoms with Crippen molar-refractivity contribution in [1.82, 2.24) is 5.32 Å². The molecule has 0 bridgehead atoms. The molecule has 1 spiro atoms. The van der Waals surface area contributed by atoms with Crippen molar-refractivity contribution >= 4 is 22.7 Å². The van der Waals surface area contributed by atoms with Gasteiger partial charge in [-0.15, -0.1) is 0 Å². The largest absolute Gasteiger partial charge is 0.486 e. The van der Waals surface area contributed by atoms with E-state index in [1.54, 1.807) is 13.1 Å². The van der Waals surface area contributed by atoms with Crippen molar-refractivity contribution in [2.24, 2.45) is 0 Å². The average Bonchev–Trinajstić information content (AvgIpc) is 2.91. The van der Waals surface area contributed by atoms with Crippen molar-refractivity contribution in [1.29, 1.82) is 0 Å². The van der Waals surface area contributed by atoms with Crippen LogP contribution in [0.3, 0.4) is 0 Å². The summed E-state index contributed by atoms with van der Waals surface area (Å²) < 4.78 is 12.0. The Morgan fingerprint density at radius 1 is 1.21 bits per heavy atom. The minimum Gasteiger partial charge on any atom is -0.486 e. The molecule has 1 aliphatic heterocycles. The van der Waals surface area contributed by atoms with Crippen molar-refractivity contribution in [3.8, 4) is 5.75 Å². The molecule has 0 atom stereocenters. The second kappa shape index (κ2) is 5.36. The minimum atomic E-state index is -0.336. The molecule has 1 fully saturated rings. The number of furan rings is 1. The van der Waals surface area contributed by atoms with Crippen LogP contribution in [0.15, 0.2) is 16.5 Å².